The molecule has 206 valence electrons. The van der Waals surface area contributed by atoms with Gasteiger partial charge in [0.2, 0.25) is 0 Å². The second-order valence-corrected chi connectivity index (χ2v) is 7.47. The van der Waals surface area contributed by atoms with Gasteiger partial charge in [-0.3, -0.25) is 4.79 Å². The maximum atomic E-state index is 13.0. The lowest BCUT2D eigenvalue weighted by molar-refractivity contribution is -0.137. The maximum Gasteiger partial charge on any atom is 0.416 e. The molecule has 2 rings (SSSR count). The summed E-state index contributed by atoms with van der Waals surface area (Å²) in [5.41, 5.74) is 0.0866. The number of carbonyl (C=O) groups excluding carboxylic acids is 1. The molecule has 0 heterocycles. The van der Waals surface area contributed by atoms with Crippen LogP contribution in [0.5, 0.6) is 0 Å². The first-order valence-corrected chi connectivity index (χ1v) is 11.1. The van der Waals surface area contributed by atoms with Crippen molar-refractivity contribution in [2.45, 2.75) is 45.6 Å². The fourth-order valence-corrected chi connectivity index (χ4v) is 3.03. The number of hydrogen-bond acceptors (Lipinski definition) is 5. The smallest absolute Gasteiger partial charge is 0.400 e. The quantitative estimate of drug-likeness (QED) is 0.137. The van der Waals surface area contributed by atoms with Crippen LogP contribution in [0.25, 0.3) is 5.57 Å². The van der Waals surface area contributed by atoms with Crippen molar-refractivity contribution in [2.24, 2.45) is 5.16 Å². The Morgan fingerprint density at radius 2 is 1.65 bits per heavy atom. The highest BCUT2D eigenvalue weighted by atomic mass is 19.4. The van der Waals surface area contributed by atoms with Crippen LogP contribution in [0.4, 0.5) is 26.3 Å². The summed E-state index contributed by atoms with van der Waals surface area (Å²) in [5, 5.41) is 13.3. The molecule has 0 bridgehead atoms. The van der Waals surface area contributed by atoms with E-state index >= 15 is 0 Å². The predicted octanol–water partition coefficient (Wildman–Crippen LogP) is 6.32. The Bertz CT molecular complexity index is 1030. The van der Waals surface area contributed by atoms with Crippen LogP contribution in [0.15, 0.2) is 53.7 Å². The molecule has 5 nitrogen and oxygen atoms in total. The topological polar surface area (TPSA) is 70.9 Å². The van der Waals surface area contributed by atoms with Gasteiger partial charge in [0.15, 0.2) is 0 Å². The van der Waals surface area contributed by atoms with Gasteiger partial charge < -0.3 is 15.3 Å². The molecule has 0 aliphatic carbocycles. The molecule has 0 spiro atoms. The molecule has 2 aromatic rings. The molecule has 0 aromatic heterocycles. The van der Waals surface area contributed by atoms with Crippen molar-refractivity contribution in [3.05, 3.63) is 76.4 Å². The minimum atomic E-state index is -4.72. The molecule has 0 fully saturated rings. The number of aliphatic hydroxyl groups is 1. The number of benzene rings is 2. The van der Waals surface area contributed by atoms with E-state index in [0.29, 0.717) is 35.5 Å². The molecule has 0 atom stereocenters. The van der Waals surface area contributed by atoms with Crippen LogP contribution in [-0.4, -0.2) is 44.5 Å². The molecule has 2 N–H and O–H groups in total. The van der Waals surface area contributed by atoms with Crippen molar-refractivity contribution >= 4 is 17.6 Å². The first-order chi connectivity index (χ1) is 17.4. The molecule has 37 heavy (non-hydrogen) atoms. The van der Waals surface area contributed by atoms with E-state index in [1.54, 1.807) is 31.2 Å². The summed E-state index contributed by atoms with van der Waals surface area (Å²) >= 11 is 0. The lowest BCUT2D eigenvalue weighted by Gasteiger charge is -2.14. The Hall–Kier alpha value is -3.18. The molecule has 0 aliphatic heterocycles. The Labute approximate surface area is 212 Å². The Kier molecular flexibility index (Phi) is 15.1. The first-order valence-electron chi connectivity index (χ1n) is 11.1. The summed E-state index contributed by atoms with van der Waals surface area (Å²) < 4.78 is 78.0. The standard InChI is InChI=1S/C23H21F6NO2.C2H7N.CH4O/c1-3-6-17(13-31)19-10-4-7-15(2)20(19)14-32-30-21(12-22(24,25)26)16-8-5-9-18(11-16)23(27,28)29;1-3-2;1-2/h4-11,13H,3,12,14H2,1-2H3;3H,1-2H3;2H,1H3/b17-6-,30-21+;;. The Morgan fingerprint density at radius 3 is 2.16 bits per heavy atom. The van der Waals surface area contributed by atoms with E-state index in [2.05, 4.69) is 10.5 Å². The molecule has 0 saturated carbocycles. The summed E-state index contributed by atoms with van der Waals surface area (Å²) in [6.45, 7) is 3.32. The van der Waals surface area contributed by atoms with Crippen LogP contribution in [0.3, 0.4) is 0 Å². The van der Waals surface area contributed by atoms with Crippen molar-refractivity contribution in [1.29, 1.82) is 0 Å². The number of aldehydes is 1. The summed E-state index contributed by atoms with van der Waals surface area (Å²) in [4.78, 5) is 16.6. The SMILES string of the molecule is CC/C=C(/C=O)c1cccc(C)c1CO/N=C(\CC(F)(F)F)c1cccc(C(F)(F)F)c1.CNC.CO. The number of carbonyl (C=O) groups is 1. The van der Waals surface area contributed by atoms with E-state index in [0.717, 1.165) is 30.9 Å². The fourth-order valence-electron chi connectivity index (χ4n) is 3.03. The Balaban J connectivity index is 0.00000241. The van der Waals surface area contributed by atoms with E-state index in [9.17, 15) is 31.1 Å². The van der Waals surface area contributed by atoms with Crippen LogP contribution >= 0.6 is 0 Å². The predicted molar refractivity (Wildman–Crippen MR) is 132 cm³/mol. The van der Waals surface area contributed by atoms with Crippen molar-refractivity contribution in [2.75, 3.05) is 21.2 Å². The fraction of sp³-hybridized carbons (Fsp3) is 0.385. The second-order valence-electron chi connectivity index (χ2n) is 7.47. The number of aliphatic hydroxyl groups excluding tert-OH is 1. The van der Waals surface area contributed by atoms with E-state index in [1.165, 1.54) is 0 Å². The lowest BCUT2D eigenvalue weighted by atomic mass is 9.96. The normalized spacial score (nSPS) is 12.1. The summed E-state index contributed by atoms with van der Waals surface area (Å²) in [6.07, 6.45) is -8.03. The van der Waals surface area contributed by atoms with Gasteiger partial charge in [0.1, 0.15) is 12.9 Å². The lowest BCUT2D eigenvalue weighted by Crippen LogP contribution is -2.17. The molecule has 11 heteroatoms. The van der Waals surface area contributed by atoms with Gasteiger partial charge in [0, 0.05) is 23.8 Å². The van der Waals surface area contributed by atoms with E-state index in [1.807, 2.05) is 21.0 Å². The van der Waals surface area contributed by atoms with Crippen LogP contribution in [0, 0.1) is 6.92 Å². The van der Waals surface area contributed by atoms with Crippen molar-refractivity contribution in [1.82, 2.24) is 5.32 Å². The number of aryl methyl sites for hydroxylation is 1. The maximum absolute atomic E-state index is 13.0. The number of rotatable bonds is 8. The summed E-state index contributed by atoms with van der Waals surface area (Å²) in [5.74, 6) is 0. The van der Waals surface area contributed by atoms with E-state index in [-0.39, 0.29) is 12.2 Å². The Morgan fingerprint density at radius 1 is 1.05 bits per heavy atom. The molecule has 2 aromatic carbocycles. The van der Waals surface area contributed by atoms with Crippen molar-refractivity contribution in [3.63, 3.8) is 0 Å². The van der Waals surface area contributed by atoms with Crippen molar-refractivity contribution in [3.8, 4) is 0 Å². The average Bonchev–Trinajstić information content (AvgIpc) is 2.83. The zero-order chi connectivity index (χ0) is 28.6. The van der Waals surface area contributed by atoms with Gasteiger partial charge >= 0.3 is 12.4 Å². The van der Waals surface area contributed by atoms with Gasteiger partial charge in [0.05, 0.1) is 17.7 Å². The van der Waals surface area contributed by atoms with Crippen LogP contribution in [0.1, 0.15) is 47.6 Å². The number of nitrogens with zero attached hydrogens (tertiary/aromatic N) is 1. The van der Waals surface area contributed by atoms with Crippen LogP contribution in [0.2, 0.25) is 0 Å². The zero-order valence-corrected chi connectivity index (χ0v) is 21.3. The minimum absolute atomic E-state index is 0.267. The molecule has 0 radical (unpaired) electrons. The van der Waals surface area contributed by atoms with Crippen molar-refractivity contribution < 1.29 is 41.1 Å². The van der Waals surface area contributed by atoms with Crippen LogP contribution < -0.4 is 5.32 Å². The molecular weight excluding hydrogens is 502 g/mol. The molecule has 0 unspecified atom stereocenters. The number of halogens is 6. The van der Waals surface area contributed by atoms with Gasteiger partial charge in [-0.1, -0.05) is 48.5 Å². The highest BCUT2D eigenvalue weighted by molar-refractivity contribution is 6.07. The van der Waals surface area contributed by atoms with E-state index in [4.69, 9.17) is 9.94 Å². The van der Waals surface area contributed by atoms with Gasteiger partial charge in [0.25, 0.3) is 0 Å². The molecular formula is C26H32F6N2O3. The van der Waals surface area contributed by atoms with E-state index < -0.39 is 30.0 Å². The molecule has 0 aliphatic rings. The number of hydrogen-bond donors (Lipinski definition) is 2. The van der Waals surface area contributed by atoms with Gasteiger partial charge in [-0.2, -0.15) is 26.3 Å². The first kappa shape index (κ1) is 33.8. The van der Waals surface area contributed by atoms with Gasteiger partial charge in [-0.25, -0.2) is 0 Å². The second kappa shape index (κ2) is 16.5. The third-order valence-electron chi connectivity index (χ3n) is 4.55. The van der Waals surface area contributed by atoms with Gasteiger partial charge in [-0.05, 0) is 50.7 Å². The number of nitrogens with one attached hydrogen (secondary N) is 1. The van der Waals surface area contributed by atoms with Gasteiger partial charge in [-0.15, -0.1) is 0 Å². The minimum Gasteiger partial charge on any atom is -0.400 e. The third-order valence-corrected chi connectivity index (χ3v) is 4.55. The third kappa shape index (κ3) is 12.1. The molecule has 0 saturated heterocycles. The number of oxime groups is 1. The number of allylic oxidation sites excluding steroid dienone is 2. The van der Waals surface area contributed by atoms with Crippen LogP contribution in [-0.2, 0) is 22.4 Å². The zero-order valence-electron chi connectivity index (χ0n) is 21.3. The largest absolute Gasteiger partial charge is 0.416 e. The monoisotopic (exact) mass is 534 g/mol. The number of alkyl halides is 6. The highest BCUT2D eigenvalue weighted by Crippen LogP contribution is 2.31. The average molecular weight is 535 g/mol. The highest BCUT2D eigenvalue weighted by Gasteiger charge is 2.33. The molecule has 0 amide bonds. The summed E-state index contributed by atoms with van der Waals surface area (Å²) in [6, 6.07) is 8.62. The summed E-state index contributed by atoms with van der Waals surface area (Å²) in [7, 11) is 4.75.